The fourth-order valence-corrected chi connectivity index (χ4v) is 2.50. The Morgan fingerprint density at radius 2 is 1.84 bits per heavy atom. The highest BCUT2D eigenvalue weighted by Crippen LogP contribution is 2.23. The van der Waals surface area contributed by atoms with Crippen molar-refractivity contribution >= 4 is 11.6 Å². The third-order valence-corrected chi connectivity index (χ3v) is 4.12. The zero-order chi connectivity index (χ0) is 18.4. The van der Waals surface area contributed by atoms with Crippen molar-refractivity contribution in [3.8, 4) is 5.75 Å². The first-order valence-corrected chi connectivity index (χ1v) is 8.27. The Kier molecular flexibility index (Phi) is 5.86. The molecule has 0 spiro atoms. The average Bonchev–Trinajstić information content (AvgIpc) is 2.60. The Morgan fingerprint density at radius 3 is 2.44 bits per heavy atom. The van der Waals surface area contributed by atoms with E-state index in [1.54, 1.807) is 7.11 Å². The lowest BCUT2D eigenvalue weighted by Gasteiger charge is -2.27. The zero-order valence-corrected chi connectivity index (χ0v) is 15.3. The summed E-state index contributed by atoms with van der Waals surface area (Å²) in [4.78, 5) is 12.3. The molecule has 0 saturated heterocycles. The van der Waals surface area contributed by atoms with Gasteiger partial charge in [0.05, 0.1) is 12.6 Å². The minimum Gasteiger partial charge on any atom is -0.497 e. The van der Waals surface area contributed by atoms with Crippen molar-refractivity contribution in [3.05, 3.63) is 71.8 Å². The van der Waals surface area contributed by atoms with Gasteiger partial charge in [0.1, 0.15) is 5.75 Å². The highest BCUT2D eigenvalue weighted by atomic mass is 16.5. The standard InChI is InChI=1S/C21H26N2O2/c1-15(2)17-7-6-8-18(13-17)21(3,4)23-20(24)22-14-16-9-11-19(25-5)12-10-16/h6-13H,1,14H2,2-5H3,(H2,22,23,24). The molecule has 2 aromatic rings. The number of hydrogen-bond donors (Lipinski definition) is 2. The highest BCUT2D eigenvalue weighted by Gasteiger charge is 2.23. The Labute approximate surface area is 149 Å². The van der Waals surface area contributed by atoms with Crippen molar-refractivity contribution in [2.75, 3.05) is 7.11 Å². The van der Waals surface area contributed by atoms with Gasteiger partial charge < -0.3 is 15.4 Å². The van der Waals surface area contributed by atoms with Crippen molar-refractivity contribution in [3.63, 3.8) is 0 Å². The summed E-state index contributed by atoms with van der Waals surface area (Å²) in [5, 5.41) is 5.92. The Bertz CT molecular complexity index is 749. The second kappa shape index (κ2) is 7.88. The molecule has 0 unspecified atom stereocenters. The van der Waals surface area contributed by atoms with Crippen LogP contribution in [0.3, 0.4) is 0 Å². The number of hydrogen-bond acceptors (Lipinski definition) is 2. The summed E-state index contributed by atoms with van der Waals surface area (Å²) in [6.45, 7) is 10.4. The summed E-state index contributed by atoms with van der Waals surface area (Å²) in [5.74, 6) is 0.798. The first-order chi connectivity index (χ1) is 11.8. The van der Waals surface area contributed by atoms with Crippen LogP contribution < -0.4 is 15.4 Å². The number of rotatable bonds is 6. The van der Waals surface area contributed by atoms with Crippen molar-refractivity contribution in [1.29, 1.82) is 0 Å². The van der Waals surface area contributed by atoms with Crippen molar-refractivity contribution in [2.45, 2.75) is 32.9 Å². The molecule has 0 aliphatic heterocycles. The number of allylic oxidation sites excluding steroid dienone is 1. The van der Waals surface area contributed by atoms with Crippen LogP contribution in [0.15, 0.2) is 55.1 Å². The van der Waals surface area contributed by atoms with E-state index in [-0.39, 0.29) is 6.03 Å². The molecule has 4 nitrogen and oxygen atoms in total. The third kappa shape index (κ3) is 5.11. The van der Waals surface area contributed by atoms with Gasteiger partial charge in [0.25, 0.3) is 0 Å². The number of methoxy groups -OCH3 is 1. The second-order valence-electron chi connectivity index (χ2n) is 6.64. The van der Waals surface area contributed by atoms with E-state index in [0.29, 0.717) is 6.54 Å². The number of nitrogens with one attached hydrogen (secondary N) is 2. The molecule has 0 heterocycles. The van der Waals surface area contributed by atoms with Gasteiger partial charge in [-0.1, -0.05) is 42.5 Å². The van der Waals surface area contributed by atoms with Crippen LogP contribution in [-0.2, 0) is 12.1 Å². The number of amides is 2. The number of carbonyl (C=O) groups excluding carboxylic acids is 1. The maximum absolute atomic E-state index is 12.3. The topological polar surface area (TPSA) is 50.4 Å². The van der Waals surface area contributed by atoms with E-state index in [9.17, 15) is 4.79 Å². The van der Waals surface area contributed by atoms with Gasteiger partial charge in [-0.15, -0.1) is 0 Å². The van der Waals surface area contributed by atoms with E-state index < -0.39 is 5.54 Å². The number of ether oxygens (including phenoxy) is 1. The maximum atomic E-state index is 12.3. The van der Waals surface area contributed by atoms with Gasteiger partial charge >= 0.3 is 6.03 Å². The van der Waals surface area contributed by atoms with Crippen molar-refractivity contribution < 1.29 is 9.53 Å². The van der Waals surface area contributed by atoms with Crippen LogP contribution in [0.25, 0.3) is 5.57 Å². The van der Waals surface area contributed by atoms with E-state index >= 15 is 0 Å². The van der Waals surface area contributed by atoms with E-state index in [1.165, 1.54) is 0 Å². The highest BCUT2D eigenvalue weighted by molar-refractivity contribution is 5.75. The molecule has 0 aliphatic rings. The third-order valence-electron chi connectivity index (χ3n) is 4.12. The van der Waals surface area contributed by atoms with E-state index in [2.05, 4.69) is 23.3 Å². The molecule has 2 N–H and O–H groups in total. The maximum Gasteiger partial charge on any atom is 0.315 e. The van der Waals surface area contributed by atoms with Gasteiger partial charge in [-0.2, -0.15) is 0 Å². The molecule has 0 fully saturated rings. The average molecular weight is 338 g/mol. The predicted molar refractivity (Wildman–Crippen MR) is 103 cm³/mol. The predicted octanol–water partition coefficient (Wildman–Crippen LogP) is 4.46. The van der Waals surface area contributed by atoms with Crippen LogP contribution in [0.2, 0.25) is 0 Å². The van der Waals surface area contributed by atoms with Crippen LogP contribution in [0.4, 0.5) is 4.79 Å². The summed E-state index contributed by atoms with van der Waals surface area (Å²) in [7, 11) is 1.63. The summed E-state index contributed by atoms with van der Waals surface area (Å²) in [6.07, 6.45) is 0. The number of carbonyl (C=O) groups is 1. The monoisotopic (exact) mass is 338 g/mol. The number of urea groups is 1. The van der Waals surface area contributed by atoms with Crippen LogP contribution in [0.5, 0.6) is 5.75 Å². The van der Waals surface area contributed by atoms with Crippen molar-refractivity contribution in [2.24, 2.45) is 0 Å². The first-order valence-electron chi connectivity index (χ1n) is 8.27. The molecule has 0 saturated carbocycles. The molecule has 0 aromatic heterocycles. The molecular formula is C21H26N2O2. The molecule has 2 amide bonds. The fourth-order valence-electron chi connectivity index (χ4n) is 2.50. The fraction of sp³-hybridized carbons (Fsp3) is 0.286. The normalized spacial score (nSPS) is 10.9. The quantitative estimate of drug-likeness (QED) is 0.817. The molecule has 2 aromatic carbocycles. The van der Waals surface area contributed by atoms with Gasteiger partial charge in [-0.3, -0.25) is 0 Å². The van der Waals surface area contributed by atoms with Gasteiger partial charge in [-0.25, -0.2) is 4.79 Å². The zero-order valence-electron chi connectivity index (χ0n) is 15.3. The smallest absolute Gasteiger partial charge is 0.315 e. The van der Waals surface area contributed by atoms with E-state index in [1.807, 2.05) is 63.2 Å². The Morgan fingerprint density at radius 1 is 1.16 bits per heavy atom. The van der Waals surface area contributed by atoms with Gasteiger partial charge in [0, 0.05) is 6.54 Å². The number of benzene rings is 2. The molecule has 0 atom stereocenters. The van der Waals surface area contributed by atoms with Gasteiger partial charge in [-0.05, 0) is 55.7 Å². The van der Waals surface area contributed by atoms with Gasteiger partial charge in [0.15, 0.2) is 0 Å². The molecule has 132 valence electrons. The minimum atomic E-state index is -0.491. The van der Waals surface area contributed by atoms with Crippen molar-refractivity contribution in [1.82, 2.24) is 10.6 Å². The van der Waals surface area contributed by atoms with Crippen LogP contribution >= 0.6 is 0 Å². The second-order valence-corrected chi connectivity index (χ2v) is 6.64. The summed E-state index contributed by atoms with van der Waals surface area (Å²) in [6, 6.07) is 15.5. The Balaban J connectivity index is 1.98. The molecule has 0 radical (unpaired) electrons. The summed E-state index contributed by atoms with van der Waals surface area (Å²) in [5.41, 5.74) is 3.63. The van der Waals surface area contributed by atoms with Crippen LogP contribution in [0, 0.1) is 0 Å². The molecule has 0 bridgehead atoms. The lowest BCUT2D eigenvalue weighted by molar-refractivity contribution is 0.229. The van der Waals surface area contributed by atoms with Gasteiger partial charge in [0.2, 0.25) is 0 Å². The summed E-state index contributed by atoms with van der Waals surface area (Å²) < 4.78 is 5.13. The first kappa shape index (κ1) is 18.6. The van der Waals surface area contributed by atoms with Crippen LogP contribution in [0.1, 0.15) is 37.5 Å². The lowest BCUT2D eigenvalue weighted by atomic mass is 9.92. The summed E-state index contributed by atoms with van der Waals surface area (Å²) >= 11 is 0. The molecule has 25 heavy (non-hydrogen) atoms. The molecule has 2 rings (SSSR count). The molecule has 0 aliphatic carbocycles. The minimum absolute atomic E-state index is 0.207. The SMILES string of the molecule is C=C(C)c1cccc(C(C)(C)NC(=O)NCc2ccc(OC)cc2)c1. The largest absolute Gasteiger partial charge is 0.497 e. The van der Waals surface area contributed by atoms with Crippen LogP contribution in [-0.4, -0.2) is 13.1 Å². The molecular weight excluding hydrogens is 312 g/mol. The molecule has 4 heteroatoms. The lowest BCUT2D eigenvalue weighted by Crippen LogP contribution is -2.46. The van der Waals surface area contributed by atoms with E-state index in [4.69, 9.17) is 4.74 Å². The van der Waals surface area contributed by atoms with E-state index in [0.717, 1.165) is 28.0 Å². The Hall–Kier alpha value is -2.75.